The number of ether oxygens (including phenoxy) is 1. The third-order valence-corrected chi connectivity index (χ3v) is 4.07. The van der Waals surface area contributed by atoms with Gasteiger partial charge in [0.1, 0.15) is 0 Å². The molecule has 1 amide bonds. The summed E-state index contributed by atoms with van der Waals surface area (Å²) < 4.78 is 5.95. The summed E-state index contributed by atoms with van der Waals surface area (Å²) in [7, 11) is 1.87. The minimum Gasteiger partial charge on any atom is -0.373 e. The van der Waals surface area contributed by atoms with Gasteiger partial charge in [0, 0.05) is 31.5 Å². The van der Waals surface area contributed by atoms with Crippen LogP contribution in [0.2, 0.25) is 0 Å². The first-order chi connectivity index (χ1) is 10.2. The quantitative estimate of drug-likeness (QED) is 0.844. The lowest BCUT2D eigenvalue weighted by atomic mass is 9.89. The Balaban J connectivity index is 1.92. The first-order valence-corrected chi connectivity index (χ1v) is 7.81. The molecule has 4 heteroatoms. The minimum absolute atomic E-state index is 0.00492. The normalized spacial score (nSPS) is 23.5. The number of rotatable bonds is 6. The molecule has 21 heavy (non-hydrogen) atoms. The molecular weight excluding hydrogens is 264 g/mol. The van der Waals surface area contributed by atoms with Crippen molar-refractivity contribution in [2.75, 3.05) is 26.7 Å². The Labute approximate surface area is 127 Å². The van der Waals surface area contributed by atoms with E-state index < -0.39 is 0 Å². The molecule has 3 atom stereocenters. The molecule has 1 aliphatic rings. The average molecular weight is 290 g/mol. The molecule has 0 radical (unpaired) electrons. The smallest absolute Gasteiger partial charge is 0.224 e. The van der Waals surface area contributed by atoms with Crippen molar-refractivity contribution in [1.82, 2.24) is 10.6 Å². The first kappa shape index (κ1) is 16.0. The van der Waals surface area contributed by atoms with Gasteiger partial charge in [0.25, 0.3) is 0 Å². The molecule has 1 aromatic rings. The topological polar surface area (TPSA) is 50.4 Å². The minimum atomic E-state index is -0.00492. The predicted molar refractivity (Wildman–Crippen MR) is 84.0 cm³/mol. The van der Waals surface area contributed by atoms with Crippen molar-refractivity contribution in [2.45, 2.75) is 25.9 Å². The maximum Gasteiger partial charge on any atom is 0.224 e. The van der Waals surface area contributed by atoms with Gasteiger partial charge in [-0.1, -0.05) is 37.3 Å². The highest BCUT2D eigenvalue weighted by Crippen LogP contribution is 2.33. The van der Waals surface area contributed by atoms with Gasteiger partial charge in [-0.3, -0.25) is 4.79 Å². The summed E-state index contributed by atoms with van der Waals surface area (Å²) in [5.41, 5.74) is 1.21. The SMILES string of the molecule is CNCC(C)C(=O)NCC1CCCOC1c1ccccc1. The van der Waals surface area contributed by atoms with E-state index in [4.69, 9.17) is 4.74 Å². The lowest BCUT2D eigenvalue weighted by Crippen LogP contribution is -2.39. The van der Waals surface area contributed by atoms with Crippen molar-refractivity contribution < 1.29 is 9.53 Å². The van der Waals surface area contributed by atoms with Gasteiger partial charge in [0.2, 0.25) is 5.91 Å². The van der Waals surface area contributed by atoms with Crippen molar-refractivity contribution in [3.63, 3.8) is 0 Å². The Bertz CT molecular complexity index is 436. The number of carbonyl (C=O) groups excluding carboxylic acids is 1. The van der Waals surface area contributed by atoms with Gasteiger partial charge >= 0.3 is 0 Å². The van der Waals surface area contributed by atoms with E-state index in [2.05, 4.69) is 22.8 Å². The van der Waals surface area contributed by atoms with Crippen molar-refractivity contribution in [1.29, 1.82) is 0 Å². The Morgan fingerprint density at radius 1 is 1.38 bits per heavy atom. The fourth-order valence-electron chi connectivity index (χ4n) is 2.87. The second-order valence-electron chi connectivity index (χ2n) is 5.81. The molecule has 0 aromatic heterocycles. The largest absolute Gasteiger partial charge is 0.373 e. The Kier molecular flexibility index (Phi) is 6.21. The molecule has 1 heterocycles. The van der Waals surface area contributed by atoms with Gasteiger partial charge in [-0.15, -0.1) is 0 Å². The van der Waals surface area contributed by atoms with Crippen LogP contribution in [0.1, 0.15) is 31.4 Å². The molecule has 1 aliphatic heterocycles. The summed E-state index contributed by atoms with van der Waals surface area (Å²) in [5.74, 6) is 0.461. The molecule has 0 aliphatic carbocycles. The first-order valence-electron chi connectivity index (χ1n) is 7.81. The number of hydrogen-bond donors (Lipinski definition) is 2. The van der Waals surface area contributed by atoms with Gasteiger partial charge in [0.05, 0.1) is 6.10 Å². The summed E-state index contributed by atoms with van der Waals surface area (Å²) in [6.07, 6.45) is 2.26. The lowest BCUT2D eigenvalue weighted by molar-refractivity contribution is -0.125. The Morgan fingerprint density at radius 2 is 2.14 bits per heavy atom. The van der Waals surface area contributed by atoms with Crippen molar-refractivity contribution in [3.8, 4) is 0 Å². The zero-order chi connectivity index (χ0) is 15.1. The van der Waals surface area contributed by atoms with E-state index in [9.17, 15) is 4.79 Å². The second-order valence-corrected chi connectivity index (χ2v) is 5.81. The van der Waals surface area contributed by atoms with Crippen LogP contribution in [-0.2, 0) is 9.53 Å². The molecule has 116 valence electrons. The van der Waals surface area contributed by atoms with E-state index >= 15 is 0 Å². The summed E-state index contributed by atoms with van der Waals surface area (Å²) in [6, 6.07) is 10.3. The highest BCUT2D eigenvalue weighted by Gasteiger charge is 2.28. The van der Waals surface area contributed by atoms with E-state index in [1.165, 1.54) is 5.56 Å². The standard InChI is InChI=1S/C17H26N2O2/c1-13(11-18-2)17(20)19-12-15-9-6-10-21-16(15)14-7-4-3-5-8-14/h3-5,7-8,13,15-16,18H,6,9-12H2,1-2H3,(H,19,20). The fraction of sp³-hybridized carbons (Fsp3) is 0.588. The lowest BCUT2D eigenvalue weighted by Gasteiger charge is -2.32. The fourth-order valence-corrected chi connectivity index (χ4v) is 2.87. The van der Waals surface area contributed by atoms with E-state index in [1.807, 2.05) is 32.2 Å². The predicted octanol–water partition coefficient (Wildman–Crippen LogP) is 2.13. The molecule has 1 fully saturated rings. The van der Waals surface area contributed by atoms with Crippen LogP contribution in [0.25, 0.3) is 0 Å². The van der Waals surface area contributed by atoms with Crippen molar-refractivity contribution in [3.05, 3.63) is 35.9 Å². The van der Waals surface area contributed by atoms with E-state index in [-0.39, 0.29) is 17.9 Å². The second kappa shape index (κ2) is 8.15. The van der Waals surface area contributed by atoms with Crippen molar-refractivity contribution >= 4 is 5.91 Å². The Hall–Kier alpha value is -1.39. The zero-order valence-corrected chi connectivity index (χ0v) is 13.0. The molecule has 1 aromatic carbocycles. The molecule has 2 rings (SSSR count). The number of amides is 1. The van der Waals surface area contributed by atoms with Crippen LogP contribution in [0.5, 0.6) is 0 Å². The van der Waals surface area contributed by atoms with Crippen LogP contribution >= 0.6 is 0 Å². The third kappa shape index (κ3) is 4.55. The number of nitrogens with one attached hydrogen (secondary N) is 2. The highest BCUT2D eigenvalue weighted by atomic mass is 16.5. The van der Waals surface area contributed by atoms with Crippen molar-refractivity contribution in [2.24, 2.45) is 11.8 Å². The number of hydrogen-bond acceptors (Lipinski definition) is 3. The maximum absolute atomic E-state index is 12.0. The van der Waals surface area contributed by atoms with Gasteiger partial charge < -0.3 is 15.4 Å². The average Bonchev–Trinajstić information content (AvgIpc) is 2.54. The van der Waals surface area contributed by atoms with Crippen LogP contribution in [0, 0.1) is 11.8 Å². The zero-order valence-electron chi connectivity index (χ0n) is 13.0. The van der Waals surface area contributed by atoms with E-state index in [0.717, 1.165) is 19.4 Å². The summed E-state index contributed by atoms with van der Waals surface area (Å²) in [5, 5.41) is 6.11. The van der Waals surface area contributed by atoms with E-state index in [0.29, 0.717) is 19.0 Å². The Morgan fingerprint density at radius 3 is 2.86 bits per heavy atom. The third-order valence-electron chi connectivity index (χ3n) is 4.07. The van der Waals surface area contributed by atoms with Gasteiger partial charge in [0.15, 0.2) is 0 Å². The summed E-state index contributed by atoms with van der Waals surface area (Å²) in [6.45, 7) is 4.14. The highest BCUT2D eigenvalue weighted by molar-refractivity contribution is 5.78. The van der Waals surface area contributed by atoms with Crippen LogP contribution < -0.4 is 10.6 Å². The maximum atomic E-state index is 12.0. The molecule has 0 spiro atoms. The summed E-state index contributed by atoms with van der Waals surface area (Å²) in [4.78, 5) is 12.0. The molecule has 0 bridgehead atoms. The molecule has 2 N–H and O–H groups in total. The van der Waals surface area contributed by atoms with Gasteiger partial charge in [-0.2, -0.15) is 0 Å². The van der Waals surface area contributed by atoms with E-state index in [1.54, 1.807) is 0 Å². The number of benzene rings is 1. The van der Waals surface area contributed by atoms with Gasteiger partial charge in [-0.25, -0.2) is 0 Å². The number of carbonyl (C=O) groups is 1. The van der Waals surface area contributed by atoms with Gasteiger partial charge in [-0.05, 0) is 25.5 Å². The van der Waals surface area contributed by atoms with Crippen LogP contribution in [0.4, 0.5) is 0 Å². The molecule has 3 unspecified atom stereocenters. The summed E-state index contributed by atoms with van der Waals surface area (Å²) >= 11 is 0. The van der Waals surface area contributed by atoms with Crippen LogP contribution in [0.3, 0.4) is 0 Å². The molecule has 0 saturated carbocycles. The van der Waals surface area contributed by atoms with Crippen LogP contribution in [-0.4, -0.2) is 32.7 Å². The molecular formula is C17H26N2O2. The molecule has 1 saturated heterocycles. The van der Waals surface area contributed by atoms with Crippen LogP contribution in [0.15, 0.2) is 30.3 Å². The monoisotopic (exact) mass is 290 g/mol. The molecule has 4 nitrogen and oxygen atoms in total.